The SMILES string of the molecule is O=C(O)/C1=C/N=C\C=C/C=C\N=C\C=C/C=N\C=C/N=CC=N/C=C\N1. The van der Waals surface area contributed by atoms with E-state index in [-0.39, 0.29) is 5.70 Å². The summed E-state index contributed by atoms with van der Waals surface area (Å²) in [5.74, 6) is -1.14. The molecule has 0 aliphatic carbocycles. The van der Waals surface area contributed by atoms with E-state index in [9.17, 15) is 4.79 Å². The molecular weight excluding hydrogens is 332 g/mol. The molecule has 0 unspecified atom stereocenters. The van der Waals surface area contributed by atoms with Gasteiger partial charge in [0.2, 0.25) is 0 Å². The lowest BCUT2D eigenvalue weighted by Gasteiger charge is -1.97. The summed E-state index contributed by atoms with van der Waals surface area (Å²) in [7, 11) is 0. The van der Waals surface area contributed by atoms with Gasteiger partial charge in [-0.2, -0.15) is 0 Å². The number of rotatable bonds is 1. The zero-order chi connectivity index (χ0) is 18.7. The third-order valence-electron chi connectivity index (χ3n) is 2.33. The van der Waals surface area contributed by atoms with E-state index in [1.165, 1.54) is 49.6 Å². The average molecular weight is 350 g/mol. The maximum atomic E-state index is 11.1. The number of hydrogen-bond acceptors (Lipinski definition) is 7. The zero-order valence-corrected chi connectivity index (χ0v) is 13.8. The summed E-state index contributed by atoms with van der Waals surface area (Å²) in [6.45, 7) is 0. The Hall–Kier alpha value is -3.94. The van der Waals surface area contributed by atoms with Gasteiger partial charge in [0.1, 0.15) is 5.70 Å². The maximum absolute atomic E-state index is 11.1. The molecule has 0 radical (unpaired) electrons. The summed E-state index contributed by atoms with van der Waals surface area (Å²) in [5.41, 5.74) is -0.0964. The van der Waals surface area contributed by atoms with Crippen LogP contribution in [0.25, 0.3) is 0 Å². The van der Waals surface area contributed by atoms with E-state index in [2.05, 4.69) is 30.3 Å². The second kappa shape index (κ2) is 14.6. The summed E-state index contributed by atoms with van der Waals surface area (Å²) in [6.07, 6.45) is 24.7. The van der Waals surface area contributed by atoms with Crippen LogP contribution < -0.4 is 5.32 Å². The predicted octanol–water partition coefficient (Wildman–Crippen LogP) is 2.44. The van der Waals surface area contributed by atoms with Crippen LogP contribution in [-0.4, -0.2) is 42.1 Å². The second-order valence-corrected chi connectivity index (χ2v) is 4.21. The first-order valence-electron chi connectivity index (χ1n) is 7.42. The molecule has 0 aromatic rings. The minimum absolute atomic E-state index is 0.0964. The number of carboxylic acids is 1. The molecule has 0 amide bonds. The molecule has 0 saturated carbocycles. The van der Waals surface area contributed by atoms with Crippen molar-refractivity contribution in [1.82, 2.24) is 5.32 Å². The van der Waals surface area contributed by atoms with Crippen molar-refractivity contribution >= 4 is 37.0 Å². The Balaban J connectivity index is 2.84. The molecule has 26 heavy (non-hydrogen) atoms. The van der Waals surface area contributed by atoms with E-state index < -0.39 is 5.97 Å². The van der Waals surface area contributed by atoms with Crippen molar-refractivity contribution < 1.29 is 9.90 Å². The van der Waals surface area contributed by atoms with Gasteiger partial charge in [-0.3, -0.25) is 25.0 Å². The fourth-order valence-corrected chi connectivity index (χ4v) is 1.26. The lowest BCUT2D eigenvalue weighted by atomic mass is 10.4. The van der Waals surface area contributed by atoms with E-state index in [0.717, 1.165) is 0 Å². The Morgan fingerprint density at radius 3 is 2.00 bits per heavy atom. The molecule has 1 rings (SSSR count). The first-order valence-corrected chi connectivity index (χ1v) is 7.42. The number of carbonyl (C=O) groups is 1. The van der Waals surface area contributed by atoms with Crippen LogP contribution in [-0.2, 0) is 4.79 Å². The summed E-state index contributed by atoms with van der Waals surface area (Å²) in [4.78, 5) is 30.8. The van der Waals surface area contributed by atoms with Crippen LogP contribution in [0.5, 0.6) is 0 Å². The van der Waals surface area contributed by atoms with Gasteiger partial charge in [0.05, 0.1) is 6.20 Å². The molecule has 1 aliphatic rings. The van der Waals surface area contributed by atoms with Crippen molar-refractivity contribution in [3.63, 3.8) is 0 Å². The first-order chi connectivity index (χ1) is 12.8. The average Bonchev–Trinajstić information content (AvgIpc) is 2.63. The summed E-state index contributed by atoms with van der Waals surface area (Å²) >= 11 is 0. The van der Waals surface area contributed by atoms with Gasteiger partial charge in [-0.1, -0.05) is 6.08 Å². The number of nitrogens with zero attached hydrogens (tertiary/aromatic N) is 5. The highest BCUT2D eigenvalue weighted by molar-refractivity contribution is 6.16. The van der Waals surface area contributed by atoms with Gasteiger partial charge < -0.3 is 10.4 Å². The molecule has 1 heterocycles. The Morgan fingerprint density at radius 2 is 1.27 bits per heavy atom. The minimum Gasteiger partial charge on any atom is -0.477 e. The molecule has 0 saturated heterocycles. The Labute approximate surface area is 151 Å². The van der Waals surface area contributed by atoms with E-state index in [1.54, 1.807) is 49.0 Å². The predicted molar refractivity (Wildman–Crippen MR) is 107 cm³/mol. The van der Waals surface area contributed by atoms with E-state index >= 15 is 0 Å². The largest absolute Gasteiger partial charge is 0.477 e. The monoisotopic (exact) mass is 350 g/mol. The standard InChI is InChI=1S/C18H18N6O2/c25-18(26)17-16-23-9-3-1-2-6-19-7-4-5-8-20-10-11-21-12-13-22-14-15-24-17/h1-16,24H,(H,25,26)/b3-1-,5-4-,6-2-,11-10-,15-14-,17-16-,19-7+,20-8-,21-12?,22-13?,23-9-. The lowest BCUT2D eigenvalue weighted by Crippen LogP contribution is -2.14. The zero-order valence-electron chi connectivity index (χ0n) is 13.8. The topological polar surface area (TPSA) is 111 Å². The van der Waals surface area contributed by atoms with Crippen LogP contribution >= 0.6 is 0 Å². The van der Waals surface area contributed by atoms with Crippen LogP contribution in [0, 0.1) is 0 Å². The molecule has 2 N–H and O–H groups in total. The molecular formula is C18H18N6O2. The fourth-order valence-electron chi connectivity index (χ4n) is 1.26. The number of carboxylic acid groups (broad SMARTS) is 1. The molecule has 0 spiro atoms. The van der Waals surface area contributed by atoms with Gasteiger partial charge in [-0.05, 0) is 24.3 Å². The highest BCUT2D eigenvalue weighted by Crippen LogP contribution is 1.90. The molecule has 1 aliphatic heterocycles. The highest BCUT2D eigenvalue weighted by atomic mass is 16.4. The number of aliphatic imine (C=N–C) groups is 5. The van der Waals surface area contributed by atoms with Crippen LogP contribution in [0.2, 0.25) is 0 Å². The number of aliphatic carboxylic acids is 1. The highest BCUT2D eigenvalue weighted by Gasteiger charge is 2.02. The Bertz CT molecular complexity index is 763. The first kappa shape index (κ1) is 20.1. The number of nitrogens with one attached hydrogen (secondary N) is 1. The number of allylic oxidation sites excluding steroid dienone is 5. The van der Waals surface area contributed by atoms with Gasteiger partial charge >= 0.3 is 5.97 Å². The van der Waals surface area contributed by atoms with Crippen molar-refractivity contribution in [2.45, 2.75) is 0 Å². The van der Waals surface area contributed by atoms with Gasteiger partial charge in [0.25, 0.3) is 0 Å². The minimum atomic E-state index is -1.14. The second-order valence-electron chi connectivity index (χ2n) is 4.21. The molecule has 0 aromatic heterocycles. The van der Waals surface area contributed by atoms with Gasteiger partial charge in [-0.15, -0.1) is 0 Å². The molecule has 0 aromatic carbocycles. The molecule has 132 valence electrons. The van der Waals surface area contributed by atoms with E-state index in [4.69, 9.17) is 5.11 Å². The number of hydrogen-bond donors (Lipinski definition) is 2. The third-order valence-corrected chi connectivity index (χ3v) is 2.33. The van der Waals surface area contributed by atoms with Gasteiger partial charge in [0, 0.05) is 62.1 Å². The van der Waals surface area contributed by atoms with E-state index in [1.807, 2.05) is 0 Å². The van der Waals surface area contributed by atoms with Crippen molar-refractivity contribution in [3.8, 4) is 0 Å². The smallest absolute Gasteiger partial charge is 0.353 e. The van der Waals surface area contributed by atoms with Crippen LogP contribution in [0.3, 0.4) is 0 Å². The van der Waals surface area contributed by atoms with Crippen molar-refractivity contribution in [1.29, 1.82) is 0 Å². The van der Waals surface area contributed by atoms with Gasteiger partial charge in [0.15, 0.2) is 0 Å². The molecule has 8 nitrogen and oxygen atoms in total. The third kappa shape index (κ3) is 11.6. The molecule has 0 fully saturated rings. The summed E-state index contributed by atoms with van der Waals surface area (Å²) in [5, 5.41) is 11.6. The Morgan fingerprint density at radius 1 is 0.692 bits per heavy atom. The van der Waals surface area contributed by atoms with Crippen molar-refractivity contribution in [2.75, 3.05) is 0 Å². The molecule has 8 heteroatoms. The van der Waals surface area contributed by atoms with Crippen molar-refractivity contribution in [3.05, 3.63) is 73.3 Å². The maximum Gasteiger partial charge on any atom is 0.353 e. The van der Waals surface area contributed by atoms with Crippen LogP contribution in [0.15, 0.2) is 98.2 Å². The lowest BCUT2D eigenvalue weighted by molar-refractivity contribution is -0.133. The van der Waals surface area contributed by atoms with Crippen LogP contribution in [0.4, 0.5) is 0 Å². The molecule has 0 bridgehead atoms. The normalized spacial score (nSPS) is 27.6. The Kier molecular flexibility index (Phi) is 11.3. The van der Waals surface area contributed by atoms with Crippen molar-refractivity contribution in [2.24, 2.45) is 25.0 Å². The quantitative estimate of drug-likeness (QED) is 0.757. The fraction of sp³-hybridized carbons (Fsp3) is 0. The summed E-state index contributed by atoms with van der Waals surface area (Å²) in [6, 6.07) is 0. The van der Waals surface area contributed by atoms with Crippen LogP contribution in [0.1, 0.15) is 0 Å². The summed E-state index contributed by atoms with van der Waals surface area (Å²) < 4.78 is 0. The van der Waals surface area contributed by atoms with E-state index in [0.29, 0.717) is 0 Å². The molecule has 0 atom stereocenters. The van der Waals surface area contributed by atoms with Gasteiger partial charge in [-0.25, -0.2) is 4.79 Å².